The highest BCUT2D eigenvalue weighted by atomic mass is 35.5. The molecule has 2 aliphatic rings. The SMILES string of the molecule is Cn1c(Cl)cnc1CN1CCC([C@@H](O)C(=O)NC2CC2)CC1. The maximum absolute atomic E-state index is 11.9. The predicted molar refractivity (Wildman–Crippen MR) is 83.4 cm³/mol. The second-order valence-electron chi connectivity index (χ2n) is 6.40. The average Bonchev–Trinajstić information content (AvgIpc) is 3.28. The van der Waals surface area contributed by atoms with E-state index in [4.69, 9.17) is 11.6 Å². The number of aliphatic hydroxyl groups is 1. The van der Waals surface area contributed by atoms with Gasteiger partial charge >= 0.3 is 0 Å². The topological polar surface area (TPSA) is 70.4 Å². The van der Waals surface area contributed by atoms with Crippen LogP contribution in [-0.4, -0.2) is 50.7 Å². The Balaban J connectivity index is 1.47. The highest BCUT2D eigenvalue weighted by Crippen LogP contribution is 2.24. The van der Waals surface area contributed by atoms with Crippen LogP contribution in [0.3, 0.4) is 0 Å². The van der Waals surface area contributed by atoms with Crippen molar-refractivity contribution in [3.05, 3.63) is 17.2 Å². The molecule has 2 N–H and O–H groups in total. The number of rotatable bonds is 5. The molecule has 7 heteroatoms. The van der Waals surface area contributed by atoms with Crippen molar-refractivity contribution in [3.8, 4) is 0 Å². The van der Waals surface area contributed by atoms with Crippen LogP contribution in [0.15, 0.2) is 6.20 Å². The van der Waals surface area contributed by atoms with Gasteiger partial charge in [-0.2, -0.15) is 0 Å². The number of carbonyl (C=O) groups excluding carboxylic acids is 1. The van der Waals surface area contributed by atoms with Crippen LogP contribution in [0.4, 0.5) is 0 Å². The molecule has 1 aliphatic heterocycles. The molecule has 1 aromatic rings. The number of nitrogens with zero attached hydrogens (tertiary/aromatic N) is 3. The zero-order chi connectivity index (χ0) is 15.7. The van der Waals surface area contributed by atoms with E-state index in [1.165, 1.54) is 0 Å². The number of hydrogen-bond acceptors (Lipinski definition) is 4. The summed E-state index contributed by atoms with van der Waals surface area (Å²) in [5.74, 6) is 0.798. The molecule has 22 heavy (non-hydrogen) atoms. The van der Waals surface area contributed by atoms with Crippen molar-refractivity contribution in [2.45, 2.75) is 44.4 Å². The fraction of sp³-hybridized carbons (Fsp3) is 0.733. The van der Waals surface area contributed by atoms with Crippen LogP contribution in [0.5, 0.6) is 0 Å². The van der Waals surface area contributed by atoms with Gasteiger partial charge in [0.2, 0.25) is 5.91 Å². The number of hydrogen-bond donors (Lipinski definition) is 2. The normalized spacial score (nSPS) is 21.8. The Morgan fingerprint density at radius 3 is 2.68 bits per heavy atom. The lowest BCUT2D eigenvalue weighted by atomic mass is 9.90. The predicted octanol–water partition coefficient (Wildman–Crippen LogP) is 0.925. The number of halogens is 1. The number of amides is 1. The minimum Gasteiger partial charge on any atom is -0.383 e. The van der Waals surface area contributed by atoms with E-state index in [9.17, 15) is 9.90 Å². The van der Waals surface area contributed by atoms with Gasteiger partial charge in [0, 0.05) is 13.1 Å². The number of aliphatic hydroxyl groups excluding tert-OH is 1. The molecule has 0 spiro atoms. The lowest BCUT2D eigenvalue weighted by Crippen LogP contribution is -2.45. The molecule has 0 bridgehead atoms. The van der Waals surface area contributed by atoms with Gasteiger partial charge in [-0.25, -0.2) is 4.98 Å². The summed E-state index contributed by atoms with van der Waals surface area (Å²) in [4.78, 5) is 18.5. The van der Waals surface area contributed by atoms with Crippen molar-refractivity contribution in [2.24, 2.45) is 13.0 Å². The zero-order valence-electron chi connectivity index (χ0n) is 12.8. The summed E-state index contributed by atoms with van der Waals surface area (Å²) >= 11 is 6.00. The second kappa shape index (κ2) is 6.56. The van der Waals surface area contributed by atoms with Crippen molar-refractivity contribution in [2.75, 3.05) is 13.1 Å². The first-order valence-corrected chi connectivity index (χ1v) is 8.29. The summed E-state index contributed by atoms with van der Waals surface area (Å²) in [6, 6.07) is 0.301. The van der Waals surface area contributed by atoms with E-state index in [0.717, 1.165) is 51.1 Å². The Morgan fingerprint density at radius 2 is 2.14 bits per heavy atom. The third-order valence-corrected chi connectivity index (χ3v) is 5.01. The van der Waals surface area contributed by atoms with Gasteiger partial charge < -0.3 is 15.0 Å². The first-order chi connectivity index (χ1) is 10.5. The number of carbonyl (C=O) groups is 1. The maximum atomic E-state index is 11.9. The van der Waals surface area contributed by atoms with Crippen molar-refractivity contribution < 1.29 is 9.90 Å². The van der Waals surface area contributed by atoms with Crippen LogP contribution in [0.2, 0.25) is 5.15 Å². The van der Waals surface area contributed by atoms with E-state index >= 15 is 0 Å². The van der Waals surface area contributed by atoms with Crippen molar-refractivity contribution in [1.82, 2.24) is 19.8 Å². The number of piperidine rings is 1. The summed E-state index contributed by atoms with van der Waals surface area (Å²) in [5, 5.41) is 13.7. The van der Waals surface area contributed by atoms with Gasteiger partial charge in [0.25, 0.3) is 0 Å². The quantitative estimate of drug-likeness (QED) is 0.844. The van der Waals surface area contributed by atoms with Crippen molar-refractivity contribution in [1.29, 1.82) is 0 Å². The standard InChI is InChI=1S/C15H23ClN4O2/c1-19-12(16)8-17-13(19)9-20-6-4-10(5-7-20)14(21)15(22)18-11-2-3-11/h8,10-11,14,21H,2-7,9H2,1H3,(H,18,22)/t14-/m1/s1. The summed E-state index contributed by atoms with van der Waals surface area (Å²) < 4.78 is 1.88. The van der Waals surface area contributed by atoms with Crippen LogP contribution >= 0.6 is 11.6 Å². The summed E-state index contributed by atoms with van der Waals surface area (Å²) in [7, 11) is 1.91. The van der Waals surface area contributed by atoms with E-state index in [1.807, 2.05) is 11.6 Å². The second-order valence-corrected chi connectivity index (χ2v) is 6.78. The molecule has 6 nitrogen and oxygen atoms in total. The number of aromatic nitrogens is 2. The Hall–Kier alpha value is -1.11. The van der Waals surface area contributed by atoms with E-state index in [0.29, 0.717) is 11.2 Å². The molecular formula is C15H23ClN4O2. The third-order valence-electron chi connectivity index (χ3n) is 4.66. The Labute approximate surface area is 135 Å². The fourth-order valence-electron chi connectivity index (χ4n) is 2.93. The molecule has 1 saturated heterocycles. The summed E-state index contributed by atoms with van der Waals surface area (Å²) in [6.45, 7) is 2.48. The lowest BCUT2D eigenvalue weighted by Gasteiger charge is -2.33. The Bertz CT molecular complexity index is 536. The van der Waals surface area contributed by atoms with Crippen LogP contribution in [0, 0.1) is 5.92 Å². The van der Waals surface area contributed by atoms with Crippen molar-refractivity contribution in [3.63, 3.8) is 0 Å². The fourth-order valence-corrected chi connectivity index (χ4v) is 3.07. The molecule has 1 amide bonds. The van der Waals surface area contributed by atoms with Gasteiger partial charge in [0.05, 0.1) is 12.7 Å². The van der Waals surface area contributed by atoms with E-state index in [1.54, 1.807) is 6.20 Å². The molecule has 1 aromatic heterocycles. The van der Waals surface area contributed by atoms with Gasteiger partial charge in [-0.1, -0.05) is 11.6 Å². The average molecular weight is 327 g/mol. The minimum absolute atomic E-state index is 0.0555. The van der Waals surface area contributed by atoms with E-state index in [2.05, 4.69) is 15.2 Å². The first kappa shape index (κ1) is 15.8. The molecule has 2 heterocycles. The van der Waals surface area contributed by atoms with Crippen LogP contribution in [0.25, 0.3) is 0 Å². The first-order valence-electron chi connectivity index (χ1n) is 7.91. The highest BCUT2D eigenvalue weighted by Gasteiger charge is 2.33. The minimum atomic E-state index is -0.870. The molecule has 0 unspecified atom stereocenters. The molecule has 1 atom stereocenters. The third kappa shape index (κ3) is 3.62. The Kier molecular flexibility index (Phi) is 4.70. The van der Waals surface area contributed by atoms with E-state index in [-0.39, 0.29) is 11.8 Å². The summed E-state index contributed by atoms with van der Waals surface area (Å²) in [5.41, 5.74) is 0. The molecule has 0 radical (unpaired) electrons. The molecular weight excluding hydrogens is 304 g/mol. The Morgan fingerprint density at radius 1 is 1.45 bits per heavy atom. The van der Waals surface area contributed by atoms with Gasteiger partial charge in [0.1, 0.15) is 17.1 Å². The molecule has 122 valence electrons. The van der Waals surface area contributed by atoms with Gasteiger partial charge in [0.15, 0.2) is 0 Å². The molecule has 1 aliphatic carbocycles. The number of likely N-dealkylation sites (tertiary alicyclic amines) is 1. The lowest BCUT2D eigenvalue weighted by molar-refractivity contribution is -0.133. The largest absolute Gasteiger partial charge is 0.383 e. The molecule has 2 fully saturated rings. The number of nitrogens with one attached hydrogen (secondary N) is 1. The number of imidazole rings is 1. The van der Waals surface area contributed by atoms with Crippen molar-refractivity contribution >= 4 is 17.5 Å². The zero-order valence-corrected chi connectivity index (χ0v) is 13.6. The van der Waals surface area contributed by atoms with E-state index < -0.39 is 6.10 Å². The van der Waals surface area contributed by atoms with Gasteiger partial charge in [-0.05, 0) is 44.7 Å². The van der Waals surface area contributed by atoms with Crippen LogP contribution in [-0.2, 0) is 18.4 Å². The molecule has 0 aromatic carbocycles. The molecule has 3 rings (SSSR count). The van der Waals surface area contributed by atoms with Gasteiger partial charge in [-0.15, -0.1) is 0 Å². The highest BCUT2D eigenvalue weighted by molar-refractivity contribution is 6.29. The summed E-state index contributed by atoms with van der Waals surface area (Å²) in [6.07, 6.45) is 4.54. The molecule has 1 saturated carbocycles. The smallest absolute Gasteiger partial charge is 0.249 e. The van der Waals surface area contributed by atoms with Crippen LogP contribution < -0.4 is 5.32 Å². The monoisotopic (exact) mass is 326 g/mol. The van der Waals surface area contributed by atoms with Gasteiger partial charge in [-0.3, -0.25) is 9.69 Å². The van der Waals surface area contributed by atoms with Crippen LogP contribution in [0.1, 0.15) is 31.5 Å². The maximum Gasteiger partial charge on any atom is 0.249 e.